The molecule has 8 fully saturated rings. The average Bonchev–Trinajstić information content (AvgIpc) is 4.19. The summed E-state index contributed by atoms with van der Waals surface area (Å²) in [7, 11) is 0.830. The van der Waals surface area contributed by atoms with Crippen LogP contribution < -0.4 is 15.8 Å². The lowest BCUT2D eigenvalue weighted by molar-refractivity contribution is 0.0381. The van der Waals surface area contributed by atoms with Crippen molar-refractivity contribution in [3.63, 3.8) is 0 Å². The zero-order valence-corrected chi connectivity index (χ0v) is 42.9. The van der Waals surface area contributed by atoms with E-state index in [1.165, 1.54) is 170 Å². The van der Waals surface area contributed by atoms with E-state index in [1.807, 2.05) is 0 Å². The number of para-hydroxylation sites is 1. The van der Waals surface area contributed by atoms with E-state index in [-0.39, 0.29) is 16.2 Å². The maximum absolute atomic E-state index is 7.30. The van der Waals surface area contributed by atoms with Crippen LogP contribution in [0.5, 0.6) is 0 Å². The van der Waals surface area contributed by atoms with Gasteiger partial charge in [-0.2, -0.15) is 0 Å². The molecule has 10 atom stereocenters. The lowest BCUT2D eigenvalue weighted by Crippen LogP contribution is -2.42. The van der Waals surface area contributed by atoms with Crippen LogP contribution in [0.3, 0.4) is 0 Å². The average molecular weight is 937 g/mol. The molecule has 7 aromatic carbocycles. The molecular weight excluding hydrogens is 872 g/mol. The van der Waals surface area contributed by atoms with Gasteiger partial charge in [0, 0.05) is 44.0 Å². The highest BCUT2D eigenvalue weighted by atomic mass is 16.3. The first kappa shape index (κ1) is 40.7. The van der Waals surface area contributed by atoms with Crippen LogP contribution in [0.1, 0.15) is 132 Å². The molecule has 4 heteroatoms. The molecule has 0 radical (unpaired) electrons. The van der Waals surface area contributed by atoms with Crippen LogP contribution in [-0.2, 0) is 16.2 Å². The second-order valence-electron chi connectivity index (χ2n) is 27.4. The number of aromatic amines is 1. The van der Waals surface area contributed by atoms with Crippen molar-refractivity contribution in [2.24, 2.45) is 46.8 Å². The van der Waals surface area contributed by atoms with Crippen LogP contribution in [0.15, 0.2) is 114 Å². The van der Waals surface area contributed by atoms with Gasteiger partial charge in [0.25, 0.3) is 0 Å². The number of aryl methyl sites for hydroxylation is 1. The second-order valence-corrected chi connectivity index (χ2v) is 27.4. The standard InChI is InChI=1S/C68H65BN2O/c1-35-22-51-52(66(4,5)21-20-65(51,2)3)30-56(35)71-55-19-17-36-10-6-7-11-44(36)60(55)69-61-47(29-50-45-12-8-9-13-57(45)72-64(50)63(61)71)49-28-42(67-32-43-25-41-31-68(43,34-67)53(41)33-67)27-48-46-26-39(16-18-54(46)70-62(48)49)58-37-14-15-38-24-40(23-37)59(38)58/h6-13,16-19,22,26-30,37-38,40-41,43,53,58-59,69-70H,14-15,20-21,23-25,31-34H2,1-5H3. The first-order chi connectivity index (χ1) is 34.9. The van der Waals surface area contributed by atoms with Crippen molar-refractivity contribution < 1.29 is 4.42 Å². The number of anilines is 3. The second kappa shape index (κ2) is 13.1. The minimum atomic E-state index is 0.0611. The van der Waals surface area contributed by atoms with Gasteiger partial charge in [0.15, 0.2) is 12.9 Å². The molecule has 0 saturated heterocycles. The molecule has 19 rings (SSSR count). The number of nitrogens with zero attached hydrogens (tertiary/aromatic N) is 1. The van der Waals surface area contributed by atoms with Crippen LogP contribution >= 0.6 is 0 Å². The van der Waals surface area contributed by atoms with Crippen molar-refractivity contribution in [1.82, 2.24) is 4.98 Å². The van der Waals surface area contributed by atoms with Gasteiger partial charge in [0.05, 0.1) is 11.2 Å². The zero-order valence-electron chi connectivity index (χ0n) is 42.9. The van der Waals surface area contributed by atoms with Crippen LogP contribution in [0.4, 0.5) is 17.1 Å². The van der Waals surface area contributed by atoms with Gasteiger partial charge in [-0.3, -0.25) is 0 Å². The van der Waals surface area contributed by atoms with E-state index in [4.69, 9.17) is 4.42 Å². The molecule has 1 N–H and O–H groups in total. The maximum atomic E-state index is 7.30. The van der Waals surface area contributed by atoms with Crippen molar-refractivity contribution in [2.45, 2.75) is 127 Å². The molecule has 2 aromatic heterocycles. The molecule has 0 amide bonds. The van der Waals surface area contributed by atoms with Crippen molar-refractivity contribution >= 4 is 89.8 Å². The van der Waals surface area contributed by atoms with Gasteiger partial charge in [0.1, 0.15) is 5.58 Å². The summed E-state index contributed by atoms with van der Waals surface area (Å²) >= 11 is 0. The molecule has 1 aliphatic heterocycles. The Morgan fingerprint density at radius 1 is 0.639 bits per heavy atom. The predicted molar refractivity (Wildman–Crippen MR) is 300 cm³/mol. The molecule has 356 valence electrons. The van der Waals surface area contributed by atoms with E-state index >= 15 is 0 Å². The Labute approximate surface area is 424 Å². The van der Waals surface area contributed by atoms with Crippen molar-refractivity contribution in [2.75, 3.05) is 4.90 Å². The van der Waals surface area contributed by atoms with Gasteiger partial charge >= 0.3 is 0 Å². The fourth-order valence-electron chi connectivity index (χ4n) is 20.1. The highest BCUT2D eigenvalue weighted by Gasteiger charge is 2.76. The summed E-state index contributed by atoms with van der Waals surface area (Å²) in [5.41, 5.74) is 22.5. The molecule has 9 aromatic rings. The van der Waals surface area contributed by atoms with E-state index in [9.17, 15) is 0 Å². The van der Waals surface area contributed by atoms with Gasteiger partial charge < -0.3 is 14.3 Å². The smallest absolute Gasteiger partial charge is 0.199 e. The Bertz CT molecular complexity index is 3940. The fourth-order valence-corrected chi connectivity index (χ4v) is 20.1. The summed E-state index contributed by atoms with van der Waals surface area (Å²) in [5.74, 6) is 7.26. The SMILES string of the molecule is Cc1cc2c(cc1N1c3ccc4ccccc4c3Bc3c(-c4cc(C56CC7CC8CC7(C5)C8C6)cc5c4[nH]c4ccc(C6C7CCC8CC(C7)C86)cc45)cc4c(oc5ccccc54)c31)C(C)(C)CCC2(C)C. The lowest BCUT2D eigenvalue weighted by Gasteiger charge is -2.46. The molecule has 8 saturated carbocycles. The van der Waals surface area contributed by atoms with Gasteiger partial charge in [0.2, 0.25) is 0 Å². The fraction of sp³-hybridized carbons (Fsp3) is 0.412. The molecule has 3 heterocycles. The number of fused-ring (bicyclic) bond motifs is 14. The number of benzene rings is 7. The minimum Gasteiger partial charge on any atom is -0.454 e. The van der Waals surface area contributed by atoms with Gasteiger partial charge in [-0.15, -0.1) is 0 Å². The normalized spacial score (nSPS) is 32.3. The minimum absolute atomic E-state index is 0.0611. The van der Waals surface area contributed by atoms with E-state index in [0.29, 0.717) is 5.41 Å². The van der Waals surface area contributed by atoms with E-state index in [1.54, 1.807) is 11.1 Å². The van der Waals surface area contributed by atoms with Crippen molar-refractivity contribution in [1.29, 1.82) is 0 Å². The Balaban J connectivity index is 0.944. The largest absolute Gasteiger partial charge is 0.454 e. The summed E-state index contributed by atoms with van der Waals surface area (Å²) in [6.45, 7) is 12.3. The molecule has 5 bridgehead atoms. The van der Waals surface area contributed by atoms with Crippen LogP contribution in [-0.4, -0.2) is 12.3 Å². The van der Waals surface area contributed by atoms with Crippen LogP contribution in [0.2, 0.25) is 0 Å². The third kappa shape index (κ3) is 4.89. The Morgan fingerprint density at radius 2 is 1.44 bits per heavy atom. The van der Waals surface area contributed by atoms with Crippen LogP contribution in [0, 0.1) is 53.8 Å². The number of aromatic nitrogens is 1. The molecule has 72 heavy (non-hydrogen) atoms. The molecule has 10 aliphatic rings. The quantitative estimate of drug-likeness (QED) is 0.178. The number of rotatable bonds is 4. The van der Waals surface area contributed by atoms with Gasteiger partial charge in [-0.25, -0.2) is 0 Å². The van der Waals surface area contributed by atoms with E-state index < -0.39 is 0 Å². The third-order valence-corrected chi connectivity index (χ3v) is 23.4. The highest BCUT2D eigenvalue weighted by Crippen LogP contribution is 2.83. The number of H-pyrrole nitrogens is 1. The Hall–Kier alpha value is -5.74. The Kier molecular flexibility index (Phi) is 7.43. The summed E-state index contributed by atoms with van der Waals surface area (Å²) in [6.07, 6.45) is 15.4. The van der Waals surface area contributed by atoms with Crippen LogP contribution in [0.25, 0.3) is 65.6 Å². The molecule has 1 spiro atoms. The van der Waals surface area contributed by atoms with Crippen molar-refractivity contribution in [3.8, 4) is 11.1 Å². The lowest BCUT2D eigenvalue weighted by atomic mass is 9.56. The number of hydrogen-bond donors (Lipinski definition) is 1. The van der Waals surface area contributed by atoms with E-state index in [0.717, 1.165) is 65.8 Å². The summed E-state index contributed by atoms with van der Waals surface area (Å²) in [4.78, 5) is 6.92. The topological polar surface area (TPSA) is 32.2 Å². The third-order valence-electron chi connectivity index (χ3n) is 23.4. The molecule has 10 unspecified atom stereocenters. The van der Waals surface area contributed by atoms with E-state index in [2.05, 4.69) is 154 Å². The van der Waals surface area contributed by atoms with Gasteiger partial charge in [-0.05, 0) is 250 Å². The summed E-state index contributed by atoms with van der Waals surface area (Å²) in [5, 5.41) is 7.97. The summed E-state index contributed by atoms with van der Waals surface area (Å²) < 4.78 is 7.30. The Morgan fingerprint density at radius 3 is 2.31 bits per heavy atom. The zero-order chi connectivity index (χ0) is 47.5. The maximum Gasteiger partial charge on any atom is 0.199 e. The first-order valence-corrected chi connectivity index (χ1v) is 28.5. The highest BCUT2D eigenvalue weighted by molar-refractivity contribution is 6.76. The van der Waals surface area contributed by atoms with Gasteiger partial charge in [-0.1, -0.05) is 88.4 Å². The monoisotopic (exact) mass is 937 g/mol. The number of nitrogens with one attached hydrogen (secondary N) is 1. The molecule has 3 nitrogen and oxygen atoms in total. The van der Waals surface area contributed by atoms with Crippen molar-refractivity contribution in [3.05, 3.63) is 137 Å². The molecular formula is C68H65BN2O. The summed E-state index contributed by atoms with van der Waals surface area (Å²) in [6, 6.07) is 43.8. The number of hydrogen-bond acceptors (Lipinski definition) is 2. The predicted octanol–water partition coefficient (Wildman–Crippen LogP) is 16.1. The molecule has 9 aliphatic carbocycles. The number of furan rings is 1. The first-order valence-electron chi connectivity index (χ1n) is 28.5.